The number of nitrogens with zero attached hydrogens (tertiary/aromatic N) is 2. The minimum atomic E-state index is -0.323. The van der Waals surface area contributed by atoms with Crippen molar-refractivity contribution in [1.82, 2.24) is 9.80 Å². The van der Waals surface area contributed by atoms with E-state index >= 15 is 0 Å². The number of carbonyl (C=O) groups excluding carboxylic acids is 3. The summed E-state index contributed by atoms with van der Waals surface area (Å²) in [6, 6.07) is 16.6. The molecule has 0 atom stereocenters. The molecule has 3 rings (SSSR count). The van der Waals surface area contributed by atoms with Crippen LogP contribution in [0.5, 0.6) is 0 Å². The Morgan fingerprint density at radius 3 is 2.15 bits per heavy atom. The zero-order valence-corrected chi connectivity index (χ0v) is 15.3. The number of fused-ring (bicyclic) bond motifs is 1. The average Bonchev–Trinajstić information content (AvgIpc) is 2.92. The highest BCUT2D eigenvalue weighted by Gasteiger charge is 2.35. The van der Waals surface area contributed by atoms with Crippen molar-refractivity contribution >= 4 is 17.8 Å². The number of hydrogen-bond donors (Lipinski definition) is 0. The van der Waals surface area contributed by atoms with Gasteiger partial charge in [-0.05, 0) is 24.6 Å². The zero-order valence-electron chi connectivity index (χ0n) is 15.3. The largest absolute Gasteiger partial charge is 0.465 e. The van der Waals surface area contributed by atoms with Crippen molar-refractivity contribution in [2.75, 3.05) is 26.2 Å². The Hall–Kier alpha value is -2.99. The molecule has 27 heavy (non-hydrogen) atoms. The fraction of sp³-hybridized carbons (Fsp3) is 0.286. The smallest absolute Gasteiger partial charge is 0.320 e. The third-order valence-electron chi connectivity index (χ3n) is 4.43. The predicted molar refractivity (Wildman–Crippen MR) is 100 cm³/mol. The lowest BCUT2D eigenvalue weighted by Gasteiger charge is -2.24. The van der Waals surface area contributed by atoms with E-state index in [0.717, 1.165) is 5.56 Å². The van der Waals surface area contributed by atoms with E-state index in [0.29, 0.717) is 30.8 Å². The Labute approximate surface area is 158 Å². The van der Waals surface area contributed by atoms with Crippen LogP contribution in [0.1, 0.15) is 33.2 Å². The second-order valence-corrected chi connectivity index (χ2v) is 6.31. The van der Waals surface area contributed by atoms with Gasteiger partial charge in [0.25, 0.3) is 11.8 Å². The second kappa shape index (κ2) is 8.60. The molecule has 0 unspecified atom stereocenters. The van der Waals surface area contributed by atoms with Crippen LogP contribution < -0.4 is 0 Å². The Morgan fingerprint density at radius 2 is 1.56 bits per heavy atom. The third-order valence-corrected chi connectivity index (χ3v) is 4.43. The van der Waals surface area contributed by atoms with E-state index in [9.17, 15) is 14.4 Å². The number of hydrogen-bond acceptors (Lipinski definition) is 5. The van der Waals surface area contributed by atoms with Crippen LogP contribution in [0.25, 0.3) is 0 Å². The molecule has 6 nitrogen and oxygen atoms in total. The van der Waals surface area contributed by atoms with Gasteiger partial charge in [-0.2, -0.15) is 0 Å². The van der Waals surface area contributed by atoms with Crippen molar-refractivity contribution in [1.29, 1.82) is 0 Å². The molecule has 0 bridgehead atoms. The Balaban J connectivity index is 1.68. The van der Waals surface area contributed by atoms with Crippen molar-refractivity contribution < 1.29 is 19.1 Å². The van der Waals surface area contributed by atoms with Crippen LogP contribution in [0.2, 0.25) is 0 Å². The fourth-order valence-corrected chi connectivity index (χ4v) is 3.13. The van der Waals surface area contributed by atoms with E-state index in [-0.39, 0.29) is 30.9 Å². The van der Waals surface area contributed by atoms with Gasteiger partial charge in [-0.25, -0.2) is 0 Å². The number of benzene rings is 2. The summed E-state index contributed by atoms with van der Waals surface area (Å²) < 4.78 is 5.05. The molecule has 0 N–H and O–H groups in total. The summed E-state index contributed by atoms with van der Waals surface area (Å²) in [7, 11) is 0. The van der Waals surface area contributed by atoms with Gasteiger partial charge in [0, 0.05) is 19.6 Å². The molecule has 0 spiro atoms. The summed E-state index contributed by atoms with van der Waals surface area (Å²) in [6.07, 6.45) is 0. The Kier molecular flexibility index (Phi) is 5.98. The highest BCUT2D eigenvalue weighted by molar-refractivity contribution is 6.21. The molecule has 2 amide bonds. The number of rotatable bonds is 8. The van der Waals surface area contributed by atoms with Crippen molar-refractivity contribution in [2.24, 2.45) is 0 Å². The van der Waals surface area contributed by atoms with Crippen molar-refractivity contribution in [3.05, 3.63) is 71.3 Å². The lowest BCUT2D eigenvalue weighted by Crippen LogP contribution is -2.40. The second-order valence-electron chi connectivity index (χ2n) is 6.31. The van der Waals surface area contributed by atoms with Gasteiger partial charge in [0.2, 0.25) is 0 Å². The van der Waals surface area contributed by atoms with Crippen LogP contribution in [0.4, 0.5) is 0 Å². The molecule has 0 radical (unpaired) electrons. The first-order valence-corrected chi connectivity index (χ1v) is 8.97. The van der Waals surface area contributed by atoms with Crippen LogP contribution in [-0.2, 0) is 16.1 Å². The molecule has 0 aromatic heterocycles. The average molecular weight is 366 g/mol. The molecular formula is C21H22N2O4. The first-order valence-electron chi connectivity index (χ1n) is 8.97. The molecular weight excluding hydrogens is 344 g/mol. The summed E-state index contributed by atoms with van der Waals surface area (Å²) in [4.78, 5) is 40.1. The standard InChI is InChI=1S/C21H22N2O4/c1-2-27-19(24)15-22(14-16-8-4-3-5-9-16)12-13-23-20(25)17-10-6-7-11-18(17)21(23)26/h3-11H,2,12-15H2,1H3. The highest BCUT2D eigenvalue weighted by atomic mass is 16.5. The molecule has 0 aliphatic carbocycles. The molecule has 1 aliphatic heterocycles. The molecule has 140 valence electrons. The molecule has 0 fully saturated rings. The van der Waals surface area contributed by atoms with Gasteiger partial charge in [0.05, 0.1) is 24.3 Å². The van der Waals surface area contributed by atoms with Gasteiger partial charge in [-0.3, -0.25) is 24.2 Å². The molecule has 1 heterocycles. The Bertz CT molecular complexity index is 800. The third kappa shape index (κ3) is 4.41. The van der Waals surface area contributed by atoms with Crippen LogP contribution in [0.15, 0.2) is 54.6 Å². The van der Waals surface area contributed by atoms with E-state index < -0.39 is 0 Å². The van der Waals surface area contributed by atoms with Crippen molar-refractivity contribution in [3.63, 3.8) is 0 Å². The number of esters is 1. The van der Waals surface area contributed by atoms with Gasteiger partial charge in [0.1, 0.15) is 0 Å². The topological polar surface area (TPSA) is 66.9 Å². The monoisotopic (exact) mass is 366 g/mol. The highest BCUT2D eigenvalue weighted by Crippen LogP contribution is 2.22. The molecule has 6 heteroatoms. The van der Waals surface area contributed by atoms with Crippen molar-refractivity contribution in [2.45, 2.75) is 13.5 Å². The molecule has 1 aliphatic rings. The predicted octanol–water partition coefficient (Wildman–Crippen LogP) is 2.35. The molecule has 0 saturated heterocycles. The number of ether oxygens (including phenoxy) is 1. The summed E-state index contributed by atoms with van der Waals surface area (Å²) in [6.45, 7) is 3.32. The quantitative estimate of drug-likeness (QED) is 0.530. The van der Waals surface area contributed by atoms with Gasteiger partial charge < -0.3 is 4.74 Å². The summed E-state index contributed by atoms with van der Waals surface area (Å²) in [5.74, 6) is -0.895. The number of imide groups is 1. The van der Waals surface area contributed by atoms with Crippen LogP contribution in [-0.4, -0.2) is 53.8 Å². The summed E-state index contributed by atoms with van der Waals surface area (Å²) >= 11 is 0. The van der Waals surface area contributed by atoms with Gasteiger partial charge in [0.15, 0.2) is 0 Å². The molecule has 2 aromatic rings. The first-order chi connectivity index (χ1) is 13.1. The van der Waals surface area contributed by atoms with E-state index in [1.54, 1.807) is 31.2 Å². The SMILES string of the molecule is CCOC(=O)CN(CCN1C(=O)c2ccccc2C1=O)Cc1ccccc1. The first kappa shape index (κ1) is 18.8. The van der Waals surface area contributed by atoms with E-state index in [1.807, 2.05) is 35.2 Å². The summed E-state index contributed by atoms with van der Waals surface area (Å²) in [5.41, 5.74) is 1.91. The maximum Gasteiger partial charge on any atom is 0.320 e. The van der Waals surface area contributed by atoms with Crippen molar-refractivity contribution in [3.8, 4) is 0 Å². The van der Waals surface area contributed by atoms with E-state index in [1.165, 1.54) is 4.90 Å². The van der Waals surface area contributed by atoms with Crippen LogP contribution >= 0.6 is 0 Å². The Morgan fingerprint density at radius 1 is 0.963 bits per heavy atom. The maximum absolute atomic E-state index is 12.5. The number of amides is 2. The minimum Gasteiger partial charge on any atom is -0.465 e. The molecule has 2 aromatic carbocycles. The molecule has 0 saturated carbocycles. The van der Waals surface area contributed by atoms with Crippen LogP contribution in [0, 0.1) is 0 Å². The van der Waals surface area contributed by atoms with E-state index in [2.05, 4.69) is 0 Å². The van der Waals surface area contributed by atoms with Gasteiger partial charge in [-0.1, -0.05) is 42.5 Å². The van der Waals surface area contributed by atoms with Gasteiger partial charge in [-0.15, -0.1) is 0 Å². The lowest BCUT2D eigenvalue weighted by molar-refractivity contribution is -0.144. The normalized spacial score (nSPS) is 13.2. The fourth-order valence-electron chi connectivity index (χ4n) is 3.13. The summed E-state index contributed by atoms with van der Waals surface area (Å²) in [5, 5.41) is 0. The zero-order chi connectivity index (χ0) is 19.2. The maximum atomic E-state index is 12.5. The lowest BCUT2D eigenvalue weighted by atomic mass is 10.1. The number of carbonyl (C=O) groups is 3. The van der Waals surface area contributed by atoms with E-state index in [4.69, 9.17) is 4.74 Å². The minimum absolute atomic E-state index is 0.103. The van der Waals surface area contributed by atoms with Crippen LogP contribution in [0.3, 0.4) is 0 Å². The van der Waals surface area contributed by atoms with Gasteiger partial charge >= 0.3 is 5.97 Å².